The molecular weight excluding hydrogens is 362 g/mol. The molecule has 1 N–H and O–H groups in total. The highest BCUT2D eigenvalue weighted by Crippen LogP contribution is 2.36. The summed E-state index contributed by atoms with van der Waals surface area (Å²) >= 11 is 0. The van der Waals surface area contributed by atoms with Crippen LogP contribution in [0.4, 0.5) is 17.1 Å². The summed E-state index contributed by atoms with van der Waals surface area (Å²) in [6.45, 7) is 4.14. The Balaban J connectivity index is 1.77. The minimum Gasteiger partial charge on any atom is -0.494 e. The van der Waals surface area contributed by atoms with Gasteiger partial charge in [0.25, 0.3) is 5.69 Å². The Labute approximate surface area is 162 Å². The topological polar surface area (TPSA) is 102 Å². The summed E-state index contributed by atoms with van der Waals surface area (Å²) in [6, 6.07) is 9.70. The van der Waals surface area contributed by atoms with Crippen LogP contribution in [0.2, 0.25) is 0 Å². The number of nitrogens with one attached hydrogen (secondary N) is 1. The van der Waals surface area contributed by atoms with Crippen molar-refractivity contribution in [3.63, 3.8) is 0 Å². The number of aryl methyl sites for hydroxylation is 2. The van der Waals surface area contributed by atoms with Crippen molar-refractivity contribution >= 4 is 28.9 Å². The second kappa shape index (κ2) is 7.67. The molecule has 2 aromatic carbocycles. The molecule has 1 fully saturated rings. The van der Waals surface area contributed by atoms with Crippen molar-refractivity contribution in [2.45, 2.75) is 20.3 Å². The largest absolute Gasteiger partial charge is 0.494 e. The second-order valence-corrected chi connectivity index (χ2v) is 6.81. The van der Waals surface area contributed by atoms with Crippen LogP contribution >= 0.6 is 0 Å². The van der Waals surface area contributed by atoms with E-state index >= 15 is 0 Å². The van der Waals surface area contributed by atoms with Gasteiger partial charge in [-0.05, 0) is 43.2 Å². The minimum absolute atomic E-state index is 0.0663. The van der Waals surface area contributed by atoms with E-state index in [1.54, 1.807) is 0 Å². The third-order valence-corrected chi connectivity index (χ3v) is 4.94. The zero-order valence-electron chi connectivity index (χ0n) is 15.9. The average Bonchev–Trinajstić information content (AvgIpc) is 3.05. The molecule has 1 atom stereocenters. The number of rotatable bonds is 5. The lowest BCUT2D eigenvalue weighted by Gasteiger charge is -2.19. The molecule has 0 aromatic heterocycles. The number of carbonyl (C=O) groups excluding carboxylic acids is 2. The quantitative estimate of drug-likeness (QED) is 0.631. The van der Waals surface area contributed by atoms with E-state index in [-0.39, 0.29) is 36.2 Å². The molecule has 2 amide bonds. The Bertz CT molecular complexity index is 957. The monoisotopic (exact) mass is 383 g/mol. The van der Waals surface area contributed by atoms with Gasteiger partial charge in [0, 0.05) is 24.7 Å². The predicted octanol–water partition coefficient (Wildman–Crippen LogP) is 3.21. The van der Waals surface area contributed by atoms with Crippen LogP contribution in [0.15, 0.2) is 36.4 Å². The van der Waals surface area contributed by atoms with Crippen LogP contribution in [0.1, 0.15) is 17.5 Å². The molecule has 8 nitrogen and oxygen atoms in total. The van der Waals surface area contributed by atoms with E-state index < -0.39 is 10.8 Å². The van der Waals surface area contributed by atoms with Gasteiger partial charge in [0.15, 0.2) is 0 Å². The third-order valence-electron chi connectivity index (χ3n) is 4.94. The van der Waals surface area contributed by atoms with Gasteiger partial charge in [-0.2, -0.15) is 0 Å². The number of non-ortho nitro benzene ring substituents is 1. The summed E-state index contributed by atoms with van der Waals surface area (Å²) < 4.78 is 5.21. The first-order valence-electron chi connectivity index (χ1n) is 8.81. The van der Waals surface area contributed by atoms with Gasteiger partial charge in [0.2, 0.25) is 11.8 Å². The number of amides is 2. The van der Waals surface area contributed by atoms with Crippen LogP contribution in [-0.2, 0) is 9.59 Å². The van der Waals surface area contributed by atoms with Crippen molar-refractivity contribution < 1.29 is 19.2 Å². The lowest BCUT2D eigenvalue weighted by atomic mass is 10.1. The van der Waals surface area contributed by atoms with E-state index in [0.717, 1.165) is 11.1 Å². The summed E-state index contributed by atoms with van der Waals surface area (Å²) in [5, 5.41) is 13.8. The van der Waals surface area contributed by atoms with E-state index in [2.05, 4.69) is 5.32 Å². The number of carbonyl (C=O) groups is 2. The molecule has 0 bridgehead atoms. The smallest absolute Gasteiger partial charge is 0.273 e. The number of hydrogen-bond acceptors (Lipinski definition) is 5. The summed E-state index contributed by atoms with van der Waals surface area (Å²) in [5.41, 5.74) is 3.17. The lowest BCUT2D eigenvalue weighted by Crippen LogP contribution is -2.28. The highest BCUT2D eigenvalue weighted by Gasteiger charge is 2.36. The maximum atomic E-state index is 12.6. The Hall–Kier alpha value is -3.42. The molecule has 28 heavy (non-hydrogen) atoms. The Morgan fingerprint density at radius 3 is 2.61 bits per heavy atom. The lowest BCUT2D eigenvalue weighted by molar-refractivity contribution is -0.384. The standard InChI is InChI=1S/C20H21N3O5/c1-12-4-5-15(8-13(12)2)21-20(25)14-9-19(24)22(11-14)17-7-6-16(23(26)27)10-18(17)28-3/h4-8,10,14H,9,11H2,1-3H3,(H,21,25)/t14-/m0/s1. The Morgan fingerprint density at radius 1 is 1.21 bits per heavy atom. The predicted molar refractivity (Wildman–Crippen MR) is 105 cm³/mol. The van der Waals surface area contributed by atoms with Crippen molar-refractivity contribution in [2.75, 3.05) is 23.9 Å². The van der Waals surface area contributed by atoms with Gasteiger partial charge in [-0.1, -0.05) is 6.07 Å². The molecule has 8 heteroatoms. The summed E-state index contributed by atoms with van der Waals surface area (Å²) in [7, 11) is 1.38. The van der Waals surface area contributed by atoms with Crippen LogP contribution in [0, 0.1) is 29.9 Å². The maximum Gasteiger partial charge on any atom is 0.273 e. The van der Waals surface area contributed by atoms with Crippen LogP contribution in [0.3, 0.4) is 0 Å². The maximum absolute atomic E-state index is 12.6. The molecule has 0 unspecified atom stereocenters. The van der Waals surface area contributed by atoms with Crippen molar-refractivity contribution in [1.82, 2.24) is 0 Å². The van der Waals surface area contributed by atoms with Crippen molar-refractivity contribution in [1.29, 1.82) is 0 Å². The molecule has 0 saturated carbocycles. The van der Waals surface area contributed by atoms with Crippen molar-refractivity contribution in [3.05, 3.63) is 57.6 Å². The highest BCUT2D eigenvalue weighted by molar-refractivity contribution is 6.04. The third kappa shape index (κ3) is 3.80. The van der Waals surface area contributed by atoms with Crippen LogP contribution in [0.25, 0.3) is 0 Å². The molecule has 0 radical (unpaired) electrons. The zero-order chi connectivity index (χ0) is 20.4. The fourth-order valence-corrected chi connectivity index (χ4v) is 3.18. The van der Waals surface area contributed by atoms with Gasteiger partial charge in [0.1, 0.15) is 5.75 Å². The average molecular weight is 383 g/mol. The van der Waals surface area contributed by atoms with E-state index in [0.29, 0.717) is 11.4 Å². The molecule has 3 rings (SSSR count). The first kappa shape index (κ1) is 19.3. The molecular formula is C20H21N3O5. The molecule has 1 aliphatic heterocycles. The first-order valence-corrected chi connectivity index (χ1v) is 8.81. The van der Waals surface area contributed by atoms with Crippen LogP contribution in [0.5, 0.6) is 5.75 Å². The molecule has 1 heterocycles. The summed E-state index contributed by atoms with van der Waals surface area (Å²) in [6.07, 6.45) is 0.0663. The normalized spacial score (nSPS) is 16.2. The molecule has 0 spiro atoms. The molecule has 146 valence electrons. The Kier molecular flexibility index (Phi) is 5.30. The first-order chi connectivity index (χ1) is 13.3. The SMILES string of the molecule is COc1cc([N+](=O)[O-])ccc1N1C[C@@H](C(=O)Nc2ccc(C)c(C)c2)CC1=O. The fourth-order valence-electron chi connectivity index (χ4n) is 3.18. The van der Waals surface area contributed by atoms with Crippen LogP contribution in [-0.4, -0.2) is 30.4 Å². The van der Waals surface area contributed by atoms with Gasteiger partial charge in [0.05, 0.1) is 29.7 Å². The van der Waals surface area contributed by atoms with Crippen LogP contribution < -0.4 is 15.0 Å². The number of hydrogen-bond donors (Lipinski definition) is 1. The number of methoxy groups -OCH3 is 1. The number of nitro groups is 1. The Morgan fingerprint density at radius 2 is 1.96 bits per heavy atom. The van der Waals surface area contributed by atoms with E-state index in [1.807, 2.05) is 32.0 Å². The van der Waals surface area contributed by atoms with E-state index in [9.17, 15) is 19.7 Å². The van der Waals surface area contributed by atoms with Crippen molar-refractivity contribution in [3.8, 4) is 5.75 Å². The summed E-state index contributed by atoms with van der Waals surface area (Å²) in [4.78, 5) is 37.0. The molecule has 1 aliphatic rings. The number of benzene rings is 2. The summed E-state index contributed by atoms with van der Waals surface area (Å²) in [5.74, 6) is -0.765. The minimum atomic E-state index is -0.530. The number of nitrogens with zero attached hydrogens (tertiary/aromatic N) is 2. The van der Waals surface area contributed by atoms with Gasteiger partial charge in [-0.3, -0.25) is 19.7 Å². The van der Waals surface area contributed by atoms with Gasteiger partial charge < -0.3 is 15.0 Å². The second-order valence-electron chi connectivity index (χ2n) is 6.81. The molecule has 1 saturated heterocycles. The van der Waals surface area contributed by atoms with E-state index in [1.165, 1.54) is 30.2 Å². The number of anilines is 2. The van der Waals surface area contributed by atoms with Crippen molar-refractivity contribution in [2.24, 2.45) is 5.92 Å². The van der Waals surface area contributed by atoms with Gasteiger partial charge in [-0.15, -0.1) is 0 Å². The van der Waals surface area contributed by atoms with Gasteiger partial charge >= 0.3 is 0 Å². The zero-order valence-corrected chi connectivity index (χ0v) is 15.9. The highest BCUT2D eigenvalue weighted by atomic mass is 16.6. The number of nitro benzene ring substituents is 1. The molecule has 2 aromatic rings. The number of ether oxygens (including phenoxy) is 1. The fraction of sp³-hybridized carbons (Fsp3) is 0.300. The molecule has 0 aliphatic carbocycles. The van der Waals surface area contributed by atoms with E-state index in [4.69, 9.17) is 4.74 Å². The van der Waals surface area contributed by atoms with Gasteiger partial charge in [-0.25, -0.2) is 0 Å².